The number of benzene rings is 1. The first kappa shape index (κ1) is 16.5. The molecule has 1 atom stereocenters. The molecule has 126 valence electrons. The van der Waals surface area contributed by atoms with E-state index in [9.17, 15) is 4.39 Å². The van der Waals surface area contributed by atoms with E-state index in [2.05, 4.69) is 15.1 Å². The molecule has 8 heteroatoms. The van der Waals surface area contributed by atoms with Crippen LogP contribution >= 0.6 is 11.3 Å². The fourth-order valence-electron chi connectivity index (χ4n) is 2.12. The van der Waals surface area contributed by atoms with Crippen LogP contribution in [0.3, 0.4) is 0 Å². The Morgan fingerprint density at radius 2 is 2.04 bits per heavy atom. The normalized spacial score (nSPS) is 12.4. The molecule has 24 heavy (non-hydrogen) atoms. The third-order valence-electron chi connectivity index (χ3n) is 3.54. The number of halogens is 1. The molecule has 0 unspecified atom stereocenters. The van der Waals surface area contributed by atoms with Gasteiger partial charge in [0, 0.05) is 12.7 Å². The molecule has 1 aromatic carbocycles. The van der Waals surface area contributed by atoms with Crippen molar-refractivity contribution in [2.45, 2.75) is 20.0 Å². The zero-order chi connectivity index (χ0) is 17.3. The maximum absolute atomic E-state index is 13.5. The Morgan fingerprint density at radius 3 is 2.75 bits per heavy atom. The van der Waals surface area contributed by atoms with Gasteiger partial charge in [0.15, 0.2) is 11.6 Å². The Hall–Kier alpha value is -2.32. The third-order valence-corrected chi connectivity index (χ3v) is 4.85. The van der Waals surface area contributed by atoms with Crippen LogP contribution in [0.2, 0.25) is 0 Å². The second-order valence-electron chi connectivity index (χ2n) is 5.12. The van der Waals surface area contributed by atoms with Crippen molar-refractivity contribution in [3.8, 4) is 27.9 Å². The summed E-state index contributed by atoms with van der Waals surface area (Å²) in [5.41, 5.74) is 1.40. The van der Waals surface area contributed by atoms with Crippen LogP contribution in [-0.4, -0.2) is 29.3 Å². The number of thiazole rings is 1. The summed E-state index contributed by atoms with van der Waals surface area (Å²) in [7, 11) is 3.04. The molecule has 0 N–H and O–H groups in total. The number of methoxy groups -OCH3 is 2. The van der Waals surface area contributed by atoms with E-state index in [0.717, 1.165) is 15.6 Å². The van der Waals surface area contributed by atoms with Crippen LogP contribution in [-0.2, 0) is 4.74 Å². The van der Waals surface area contributed by atoms with Gasteiger partial charge in [-0.2, -0.15) is 4.98 Å². The summed E-state index contributed by atoms with van der Waals surface area (Å²) in [5.74, 6) is 0.417. The lowest BCUT2D eigenvalue weighted by molar-refractivity contribution is 0.119. The monoisotopic (exact) mass is 349 g/mol. The van der Waals surface area contributed by atoms with Gasteiger partial charge in [0.25, 0.3) is 5.89 Å². The predicted molar refractivity (Wildman–Crippen MR) is 87.5 cm³/mol. The number of hydrogen-bond acceptors (Lipinski definition) is 7. The summed E-state index contributed by atoms with van der Waals surface area (Å²) in [6, 6.07) is 4.41. The van der Waals surface area contributed by atoms with Crippen LogP contribution in [0.5, 0.6) is 5.75 Å². The van der Waals surface area contributed by atoms with E-state index in [1.165, 1.54) is 30.6 Å². The molecular formula is C16H16FN3O3S. The first-order valence-electron chi connectivity index (χ1n) is 7.21. The lowest BCUT2D eigenvalue weighted by Gasteiger charge is -2.03. The van der Waals surface area contributed by atoms with Crippen LogP contribution in [0.15, 0.2) is 22.7 Å². The number of aryl methyl sites for hydroxylation is 1. The highest BCUT2D eigenvalue weighted by atomic mass is 32.1. The van der Waals surface area contributed by atoms with E-state index in [4.69, 9.17) is 14.0 Å². The standard InChI is InChI=1S/C16H16FN3O3S/c1-8-13(24-16(18-8)9(2)21-3)15-19-14(20-23-15)10-5-6-11(17)12(7-10)22-4/h5-7,9H,1-4H3/t9-/m1/s1. The minimum Gasteiger partial charge on any atom is -0.494 e. The molecule has 0 aliphatic carbocycles. The second kappa shape index (κ2) is 6.66. The molecule has 6 nitrogen and oxygen atoms in total. The Morgan fingerprint density at radius 1 is 1.25 bits per heavy atom. The van der Waals surface area contributed by atoms with Gasteiger partial charge >= 0.3 is 0 Å². The smallest absolute Gasteiger partial charge is 0.270 e. The fraction of sp³-hybridized carbons (Fsp3) is 0.312. The highest BCUT2D eigenvalue weighted by Crippen LogP contribution is 2.34. The molecule has 0 spiro atoms. The minimum absolute atomic E-state index is 0.105. The lowest BCUT2D eigenvalue weighted by atomic mass is 10.2. The van der Waals surface area contributed by atoms with Gasteiger partial charge < -0.3 is 14.0 Å². The molecule has 0 radical (unpaired) electrons. The van der Waals surface area contributed by atoms with Crippen molar-refractivity contribution in [2.24, 2.45) is 0 Å². The Kier molecular flexibility index (Phi) is 4.59. The van der Waals surface area contributed by atoms with Gasteiger partial charge in [0.1, 0.15) is 16.0 Å². The number of aromatic nitrogens is 3. The molecule has 0 saturated heterocycles. The van der Waals surface area contributed by atoms with Gasteiger partial charge in [0.05, 0.1) is 12.8 Å². The summed E-state index contributed by atoms with van der Waals surface area (Å²) in [5, 5.41) is 4.81. The van der Waals surface area contributed by atoms with Crippen molar-refractivity contribution in [1.82, 2.24) is 15.1 Å². The van der Waals surface area contributed by atoms with Gasteiger partial charge in [-0.05, 0) is 32.0 Å². The Labute approximate surface area is 142 Å². The van der Waals surface area contributed by atoms with Crippen LogP contribution in [0, 0.1) is 12.7 Å². The van der Waals surface area contributed by atoms with E-state index in [-0.39, 0.29) is 11.9 Å². The van der Waals surface area contributed by atoms with Gasteiger partial charge in [-0.1, -0.05) is 5.16 Å². The third kappa shape index (κ3) is 3.02. The topological polar surface area (TPSA) is 70.3 Å². The summed E-state index contributed by atoms with van der Waals surface area (Å²) < 4.78 is 29.1. The van der Waals surface area contributed by atoms with Crippen molar-refractivity contribution >= 4 is 11.3 Å². The number of ether oxygens (including phenoxy) is 2. The van der Waals surface area contributed by atoms with Gasteiger partial charge in [0.2, 0.25) is 5.82 Å². The quantitative estimate of drug-likeness (QED) is 0.693. The summed E-state index contributed by atoms with van der Waals surface area (Å²) in [6.07, 6.45) is -0.105. The van der Waals surface area contributed by atoms with Crippen molar-refractivity contribution in [3.63, 3.8) is 0 Å². The highest BCUT2D eigenvalue weighted by Gasteiger charge is 2.20. The van der Waals surface area contributed by atoms with E-state index < -0.39 is 5.82 Å². The minimum atomic E-state index is -0.443. The Balaban J connectivity index is 1.95. The highest BCUT2D eigenvalue weighted by molar-refractivity contribution is 7.15. The number of nitrogens with zero attached hydrogens (tertiary/aromatic N) is 3. The Bertz CT molecular complexity index is 862. The van der Waals surface area contributed by atoms with E-state index >= 15 is 0 Å². The van der Waals surface area contributed by atoms with Gasteiger partial charge in [-0.3, -0.25) is 0 Å². The van der Waals surface area contributed by atoms with E-state index in [0.29, 0.717) is 17.3 Å². The second-order valence-corrected chi connectivity index (χ2v) is 6.15. The van der Waals surface area contributed by atoms with Crippen LogP contribution in [0.4, 0.5) is 4.39 Å². The van der Waals surface area contributed by atoms with E-state index in [1.807, 2.05) is 13.8 Å². The molecular weight excluding hydrogens is 333 g/mol. The molecule has 0 aliphatic heterocycles. The van der Waals surface area contributed by atoms with Crippen LogP contribution in [0.1, 0.15) is 23.7 Å². The maximum Gasteiger partial charge on any atom is 0.270 e. The summed E-state index contributed by atoms with van der Waals surface area (Å²) >= 11 is 1.45. The van der Waals surface area contributed by atoms with Crippen LogP contribution in [0.25, 0.3) is 22.2 Å². The first-order valence-corrected chi connectivity index (χ1v) is 8.03. The van der Waals surface area contributed by atoms with Crippen molar-refractivity contribution in [2.75, 3.05) is 14.2 Å². The molecule has 2 heterocycles. The predicted octanol–water partition coefficient (Wildman–Crippen LogP) is 4.02. The molecule has 0 fully saturated rings. The first-order chi connectivity index (χ1) is 11.5. The van der Waals surface area contributed by atoms with E-state index in [1.54, 1.807) is 13.2 Å². The molecule has 0 saturated carbocycles. The van der Waals surface area contributed by atoms with Crippen molar-refractivity contribution < 1.29 is 18.4 Å². The molecule has 0 aliphatic rings. The zero-order valence-corrected chi connectivity index (χ0v) is 14.5. The van der Waals surface area contributed by atoms with Crippen LogP contribution < -0.4 is 4.74 Å². The molecule has 2 aromatic heterocycles. The average Bonchev–Trinajstić information content (AvgIpc) is 3.21. The number of rotatable bonds is 5. The van der Waals surface area contributed by atoms with Crippen molar-refractivity contribution in [3.05, 3.63) is 34.7 Å². The lowest BCUT2D eigenvalue weighted by Crippen LogP contribution is -1.94. The molecule has 0 bridgehead atoms. The molecule has 0 amide bonds. The average molecular weight is 349 g/mol. The summed E-state index contributed by atoms with van der Waals surface area (Å²) in [6.45, 7) is 3.80. The largest absolute Gasteiger partial charge is 0.494 e. The van der Waals surface area contributed by atoms with Gasteiger partial charge in [-0.15, -0.1) is 11.3 Å². The fourth-order valence-corrected chi connectivity index (χ4v) is 3.14. The molecule has 3 rings (SSSR count). The number of hydrogen-bond donors (Lipinski definition) is 0. The summed E-state index contributed by atoms with van der Waals surface area (Å²) in [4.78, 5) is 9.66. The SMILES string of the molecule is COc1cc(-c2noc(-c3sc([C@@H](C)OC)nc3C)n2)ccc1F. The molecule has 3 aromatic rings. The van der Waals surface area contributed by atoms with Crippen molar-refractivity contribution in [1.29, 1.82) is 0 Å². The van der Waals surface area contributed by atoms with Gasteiger partial charge in [-0.25, -0.2) is 9.37 Å². The zero-order valence-electron chi connectivity index (χ0n) is 13.7. The maximum atomic E-state index is 13.5.